The molecule has 0 bridgehead atoms. The van der Waals surface area contributed by atoms with Gasteiger partial charge < -0.3 is 10.1 Å². The second-order valence-corrected chi connectivity index (χ2v) is 4.26. The third kappa shape index (κ3) is 3.19. The fraction of sp³-hybridized carbons (Fsp3) is 0.286. The van der Waals surface area contributed by atoms with Gasteiger partial charge in [-0.2, -0.15) is 4.98 Å². The number of hydrogen-bond acceptors (Lipinski definition) is 4. The van der Waals surface area contributed by atoms with Gasteiger partial charge in [-0.3, -0.25) is 0 Å². The fourth-order valence-electron chi connectivity index (χ4n) is 1.81. The number of ether oxygens (including phenoxy) is 1. The van der Waals surface area contributed by atoms with Gasteiger partial charge in [-0.25, -0.2) is 9.37 Å². The van der Waals surface area contributed by atoms with Crippen molar-refractivity contribution in [2.75, 3.05) is 12.4 Å². The lowest BCUT2D eigenvalue weighted by Gasteiger charge is -2.15. The Bertz CT molecular complexity index is 574. The zero-order chi connectivity index (χ0) is 13.8. The van der Waals surface area contributed by atoms with Gasteiger partial charge in [-0.15, -0.1) is 0 Å². The Labute approximate surface area is 111 Å². The van der Waals surface area contributed by atoms with Crippen molar-refractivity contribution in [2.24, 2.45) is 0 Å². The van der Waals surface area contributed by atoms with Gasteiger partial charge in [0.2, 0.25) is 11.8 Å². The average Bonchev–Trinajstić information content (AvgIpc) is 2.38. The standard InChI is InChI=1S/C14H16FN3O/c1-9-8-13(19-3)18-14(16-9)17-10(2)11-6-4-5-7-12(11)15/h4-8,10H,1-3H3,(H,16,17,18). The zero-order valence-corrected chi connectivity index (χ0v) is 11.1. The van der Waals surface area contributed by atoms with E-state index in [1.807, 2.05) is 13.8 Å². The Morgan fingerprint density at radius 1 is 1.26 bits per heavy atom. The van der Waals surface area contributed by atoms with E-state index in [2.05, 4.69) is 15.3 Å². The molecule has 1 atom stereocenters. The molecule has 1 aromatic carbocycles. The van der Waals surface area contributed by atoms with Gasteiger partial charge in [0.15, 0.2) is 0 Å². The van der Waals surface area contributed by atoms with Crippen LogP contribution in [0.25, 0.3) is 0 Å². The van der Waals surface area contributed by atoms with Crippen LogP contribution in [0.5, 0.6) is 5.88 Å². The van der Waals surface area contributed by atoms with E-state index in [1.54, 1.807) is 31.4 Å². The lowest BCUT2D eigenvalue weighted by Crippen LogP contribution is -2.11. The summed E-state index contributed by atoms with van der Waals surface area (Å²) in [5.41, 5.74) is 1.36. The minimum absolute atomic E-state index is 0.229. The highest BCUT2D eigenvalue weighted by Crippen LogP contribution is 2.21. The molecule has 5 heteroatoms. The van der Waals surface area contributed by atoms with Crippen molar-refractivity contribution in [1.82, 2.24) is 9.97 Å². The molecule has 0 saturated carbocycles. The molecule has 0 spiro atoms. The quantitative estimate of drug-likeness (QED) is 0.918. The molecule has 4 nitrogen and oxygen atoms in total. The van der Waals surface area contributed by atoms with Crippen molar-refractivity contribution in [2.45, 2.75) is 19.9 Å². The monoisotopic (exact) mass is 261 g/mol. The van der Waals surface area contributed by atoms with E-state index in [-0.39, 0.29) is 11.9 Å². The molecule has 1 heterocycles. The van der Waals surface area contributed by atoms with Crippen LogP contribution >= 0.6 is 0 Å². The van der Waals surface area contributed by atoms with E-state index in [4.69, 9.17) is 4.74 Å². The summed E-state index contributed by atoms with van der Waals surface area (Å²) in [6, 6.07) is 8.14. The normalized spacial score (nSPS) is 12.0. The number of aromatic nitrogens is 2. The Morgan fingerprint density at radius 3 is 2.68 bits per heavy atom. The molecule has 1 N–H and O–H groups in total. The maximum atomic E-state index is 13.7. The lowest BCUT2D eigenvalue weighted by atomic mass is 10.1. The topological polar surface area (TPSA) is 47.0 Å². The highest BCUT2D eigenvalue weighted by molar-refractivity contribution is 5.35. The van der Waals surface area contributed by atoms with Crippen LogP contribution in [-0.4, -0.2) is 17.1 Å². The molecule has 0 aliphatic rings. The number of benzene rings is 1. The maximum Gasteiger partial charge on any atom is 0.226 e. The van der Waals surface area contributed by atoms with Gasteiger partial charge in [-0.1, -0.05) is 18.2 Å². The minimum Gasteiger partial charge on any atom is -0.481 e. The predicted octanol–water partition coefficient (Wildman–Crippen LogP) is 3.11. The van der Waals surface area contributed by atoms with Crippen LogP contribution in [0.1, 0.15) is 24.2 Å². The van der Waals surface area contributed by atoms with Gasteiger partial charge in [0.05, 0.1) is 13.2 Å². The molecule has 1 unspecified atom stereocenters. The molecule has 0 radical (unpaired) electrons. The van der Waals surface area contributed by atoms with Crippen LogP contribution in [-0.2, 0) is 0 Å². The third-order valence-corrected chi connectivity index (χ3v) is 2.76. The van der Waals surface area contributed by atoms with E-state index in [0.717, 1.165) is 5.69 Å². The molecule has 0 fully saturated rings. The maximum absolute atomic E-state index is 13.7. The molecular weight excluding hydrogens is 245 g/mol. The number of nitrogens with one attached hydrogen (secondary N) is 1. The minimum atomic E-state index is -0.248. The molecular formula is C14H16FN3O. The zero-order valence-electron chi connectivity index (χ0n) is 11.1. The predicted molar refractivity (Wildman–Crippen MR) is 71.8 cm³/mol. The molecule has 100 valence electrons. The summed E-state index contributed by atoms with van der Waals surface area (Å²) in [7, 11) is 1.55. The van der Waals surface area contributed by atoms with Crippen LogP contribution in [0.4, 0.5) is 10.3 Å². The van der Waals surface area contributed by atoms with Gasteiger partial charge in [0.1, 0.15) is 5.82 Å². The van der Waals surface area contributed by atoms with Crippen molar-refractivity contribution in [1.29, 1.82) is 0 Å². The molecule has 1 aromatic heterocycles. The van der Waals surface area contributed by atoms with Crippen LogP contribution in [0, 0.1) is 12.7 Å². The first kappa shape index (κ1) is 13.3. The van der Waals surface area contributed by atoms with Gasteiger partial charge in [-0.05, 0) is 19.9 Å². The van der Waals surface area contributed by atoms with Crippen molar-refractivity contribution < 1.29 is 9.13 Å². The smallest absolute Gasteiger partial charge is 0.226 e. The van der Waals surface area contributed by atoms with Crippen LogP contribution in [0.15, 0.2) is 30.3 Å². The molecule has 0 aliphatic carbocycles. The highest BCUT2D eigenvalue weighted by atomic mass is 19.1. The van der Waals surface area contributed by atoms with E-state index in [9.17, 15) is 4.39 Å². The summed E-state index contributed by atoms with van der Waals surface area (Å²) in [5.74, 6) is 0.658. The number of nitrogens with zero attached hydrogens (tertiary/aromatic N) is 2. The van der Waals surface area contributed by atoms with Gasteiger partial charge in [0.25, 0.3) is 0 Å². The second kappa shape index (κ2) is 5.65. The summed E-state index contributed by atoms with van der Waals surface area (Å²) in [6.07, 6.45) is 0. The largest absolute Gasteiger partial charge is 0.481 e. The number of hydrogen-bond donors (Lipinski definition) is 1. The summed E-state index contributed by atoms with van der Waals surface area (Å²) >= 11 is 0. The average molecular weight is 261 g/mol. The number of halogens is 1. The fourth-order valence-corrected chi connectivity index (χ4v) is 1.81. The number of aryl methyl sites for hydroxylation is 1. The summed E-state index contributed by atoms with van der Waals surface area (Å²) in [6.45, 7) is 3.71. The Hall–Kier alpha value is -2.17. The lowest BCUT2D eigenvalue weighted by molar-refractivity contribution is 0.397. The summed E-state index contributed by atoms with van der Waals surface area (Å²) < 4.78 is 18.7. The van der Waals surface area contributed by atoms with Crippen molar-refractivity contribution in [3.8, 4) is 5.88 Å². The van der Waals surface area contributed by atoms with E-state index in [0.29, 0.717) is 17.4 Å². The molecule has 2 aromatic rings. The SMILES string of the molecule is COc1cc(C)nc(NC(C)c2ccccc2F)n1. The molecule has 19 heavy (non-hydrogen) atoms. The molecule has 2 rings (SSSR count). The van der Waals surface area contributed by atoms with Crippen LogP contribution in [0.2, 0.25) is 0 Å². The summed E-state index contributed by atoms with van der Waals surface area (Å²) in [4.78, 5) is 8.43. The third-order valence-electron chi connectivity index (χ3n) is 2.76. The van der Waals surface area contributed by atoms with Crippen molar-refractivity contribution >= 4 is 5.95 Å². The first-order chi connectivity index (χ1) is 9.10. The number of methoxy groups -OCH3 is 1. The molecule has 0 amide bonds. The molecule has 0 aliphatic heterocycles. The first-order valence-electron chi connectivity index (χ1n) is 6.01. The number of anilines is 1. The van der Waals surface area contributed by atoms with Crippen molar-refractivity contribution in [3.63, 3.8) is 0 Å². The number of rotatable bonds is 4. The second-order valence-electron chi connectivity index (χ2n) is 4.26. The Morgan fingerprint density at radius 2 is 2.00 bits per heavy atom. The Balaban J connectivity index is 2.21. The molecule has 0 saturated heterocycles. The highest BCUT2D eigenvalue weighted by Gasteiger charge is 2.12. The van der Waals surface area contributed by atoms with Gasteiger partial charge >= 0.3 is 0 Å². The van der Waals surface area contributed by atoms with E-state index < -0.39 is 0 Å². The summed E-state index contributed by atoms with van der Waals surface area (Å²) in [5, 5.41) is 3.07. The van der Waals surface area contributed by atoms with E-state index >= 15 is 0 Å². The first-order valence-corrected chi connectivity index (χ1v) is 6.01. The van der Waals surface area contributed by atoms with E-state index in [1.165, 1.54) is 6.07 Å². The Kier molecular flexibility index (Phi) is 3.94. The van der Waals surface area contributed by atoms with Crippen LogP contribution in [0.3, 0.4) is 0 Å². The van der Waals surface area contributed by atoms with Crippen molar-refractivity contribution in [3.05, 3.63) is 47.4 Å². The van der Waals surface area contributed by atoms with Crippen LogP contribution < -0.4 is 10.1 Å². The van der Waals surface area contributed by atoms with Gasteiger partial charge in [0, 0.05) is 17.3 Å².